The van der Waals surface area contributed by atoms with Crippen molar-refractivity contribution in [1.29, 1.82) is 0 Å². The lowest BCUT2D eigenvalue weighted by atomic mass is 10.1. The molecule has 0 atom stereocenters. The van der Waals surface area contributed by atoms with E-state index in [0.717, 1.165) is 23.4 Å². The number of nitrogens with zero attached hydrogens (tertiary/aromatic N) is 2. The van der Waals surface area contributed by atoms with Gasteiger partial charge in [-0.1, -0.05) is 29.3 Å². The average molecular weight is 311 g/mol. The van der Waals surface area contributed by atoms with Gasteiger partial charge in [0, 0.05) is 22.2 Å². The minimum atomic E-state index is 0.504. The highest BCUT2D eigenvalue weighted by Gasteiger charge is 2.07. The van der Waals surface area contributed by atoms with Crippen LogP contribution in [0.4, 0.5) is 11.6 Å². The number of halogens is 2. The largest absolute Gasteiger partial charge is 0.383 e. The Balaban J connectivity index is 2.03. The molecular formula is C14H16Cl2N4. The molecule has 0 saturated carbocycles. The molecule has 2 rings (SSSR count). The topological polar surface area (TPSA) is 63.8 Å². The molecule has 2 aromatic rings. The van der Waals surface area contributed by atoms with Gasteiger partial charge in [-0.3, -0.25) is 0 Å². The van der Waals surface area contributed by atoms with E-state index in [9.17, 15) is 0 Å². The van der Waals surface area contributed by atoms with Gasteiger partial charge in [-0.2, -0.15) is 0 Å². The summed E-state index contributed by atoms with van der Waals surface area (Å²) in [6.45, 7) is 4.42. The maximum absolute atomic E-state index is 6.14. The number of aromatic nitrogens is 2. The molecule has 4 nitrogen and oxygen atoms in total. The summed E-state index contributed by atoms with van der Waals surface area (Å²) in [6, 6.07) is 5.51. The first-order valence-corrected chi connectivity index (χ1v) is 7.01. The van der Waals surface area contributed by atoms with Gasteiger partial charge in [0.2, 0.25) is 0 Å². The van der Waals surface area contributed by atoms with E-state index < -0.39 is 0 Å². The highest BCUT2D eigenvalue weighted by Crippen LogP contribution is 2.22. The molecule has 0 amide bonds. The van der Waals surface area contributed by atoms with Crippen molar-refractivity contribution >= 4 is 34.8 Å². The third kappa shape index (κ3) is 3.52. The minimum absolute atomic E-state index is 0.504. The second-order valence-corrected chi connectivity index (χ2v) is 5.39. The molecule has 0 aliphatic carbocycles. The summed E-state index contributed by atoms with van der Waals surface area (Å²) in [5, 5.41) is 4.58. The number of hydrogen-bond donors (Lipinski definition) is 2. The van der Waals surface area contributed by atoms with E-state index >= 15 is 0 Å². The van der Waals surface area contributed by atoms with Crippen molar-refractivity contribution < 1.29 is 0 Å². The average Bonchev–Trinajstić information content (AvgIpc) is 2.37. The van der Waals surface area contributed by atoms with Crippen molar-refractivity contribution in [2.24, 2.45) is 0 Å². The van der Waals surface area contributed by atoms with Crippen LogP contribution < -0.4 is 11.1 Å². The first-order chi connectivity index (χ1) is 9.47. The zero-order valence-corrected chi connectivity index (χ0v) is 12.9. The second-order valence-electron chi connectivity index (χ2n) is 4.54. The first-order valence-electron chi connectivity index (χ1n) is 6.26. The molecule has 3 N–H and O–H groups in total. The monoisotopic (exact) mass is 310 g/mol. The number of nitrogens with two attached hydrogens (primary N) is 1. The molecule has 6 heteroatoms. The Hall–Kier alpha value is -1.52. The van der Waals surface area contributed by atoms with Gasteiger partial charge in [0.1, 0.15) is 17.5 Å². The summed E-state index contributed by atoms with van der Waals surface area (Å²) < 4.78 is 0. The van der Waals surface area contributed by atoms with Crippen LogP contribution in [0.15, 0.2) is 18.2 Å². The van der Waals surface area contributed by atoms with Crippen LogP contribution in [-0.4, -0.2) is 16.5 Å². The molecule has 0 spiro atoms. The maximum Gasteiger partial charge on any atom is 0.134 e. The molecule has 1 aromatic heterocycles. The molecule has 1 heterocycles. The van der Waals surface area contributed by atoms with E-state index in [-0.39, 0.29) is 0 Å². The number of anilines is 2. The summed E-state index contributed by atoms with van der Waals surface area (Å²) in [7, 11) is 0. The highest BCUT2D eigenvalue weighted by molar-refractivity contribution is 6.35. The van der Waals surface area contributed by atoms with Crippen LogP contribution in [-0.2, 0) is 6.42 Å². The van der Waals surface area contributed by atoms with Gasteiger partial charge in [-0.05, 0) is 38.0 Å². The van der Waals surface area contributed by atoms with Crippen LogP contribution >= 0.6 is 23.2 Å². The van der Waals surface area contributed by atoms with Crippen molar-refractivity contribution in [2.45, 2.75) is 20.3 Å². The van der Waals surface area contributed by atoms with Crippen LogP contribution in [0, 0.1) is 13.8 Å². The van der Waals surface area contributed by atoms with Gasteiger partial charge >= 0.3 is 0 Å². The molecule has 0 aliphatic rings. The summed E-state index contributed by atoms with van der Waals surface area (Å²) in [5.74, 6) is 1.92. The summed E-state index contributed by atoms with van der Waals surface area (Å²) in [5.41, 5.74) is 7.72. The van der Waals surface area contributed by atoms with Gasteiger partial charge in [0.05, 0.1) is 0 Å². The number of rotatable bonds is 4. The lowest BCUT2D eigenvalue weighted by Crippen LogP contribution is -2.11. The Labute approximate surface area is 128 Å². The SMILES string of the molecule is Cc1nc(N)c(C)c(NCCc2ccc(Cl)cc2Cl)n1. The summed E-state index contributed by atoms with van der Waals surface area (Å²) in [4.78, 5) is 8.46. The van der Waals surface area contributed by atoms with Crippen molar-refractivity contribution in [1.82, 2.24) is 9.97 Å². The fraction of sp³-hybridized carbons (Fsp3) is 0.286. The smallest absolute Gasteiger partial charge is 0.134 e. The normalized spacial score (nSPS) is 10.6. The molecule has 0 radical (unpaired) electrons. The van der Waals surface area contributed by atoms with E-state index in [1.54, 1.807) is 6.07 Å². The molecule has 106 valence electrons. The molecule has 20 heavy (non-hydrogen) atoms. The molecular weight excluding hydrogens is 295 g/mol. The van der Waals surface area contributed by atoms with E-state index in [2.05, 4.69) is 15.3 Å². The third-order valence-electron chi connectivity index (χ3n) is 3.00. The predicted octanol–water partition coefficient (Wildman–Crippen LogP) is 3.64. The lowest BCUT2D eigenvalue weighted by molar-refractivity contribution is 0.974. The van der Waals surface area contributed by atoms with Gasteiger partial charge in [0.15, 0.2) is 0 Å². The van der Waals surface area contributed by atoms with Crippen LogP contribution in [0.2, 0.25) is 10.0 Å². The first kappa shape index (κ1) is 14.9. The van der Waals surface area contributed by atoms with Crippen molar-refractivity contribution in [3.8, 4) is 0 Å². The van der Waals surface area contributed by atoms with E-state index in [0.29, 0.717) is 28.2 Å². The van der Waals surface area contributed by atoms with Crippen molar-refractivity contribution in [2.75, 3.05) is 17.6 Å². The number of nitrogens with one attached hydrogen (secondary N) is 1. The number of aryl methyl sites for hydroxylation is 1. The van der Waals surface area contributed by atoms with Crippen molar-refractivity contribution in [3.05, 3.63) is 45.2 Å². The fourth-order valence-corrected chi connectivity index (χ4v) is 2.37. The molecule has 0 unspecified atom stereocenters. The highest BCUT2D eigenvalue weighted by atomic mass is 35.5. The van der Waals surface area contributed by atoms with Gasteiger partial charge < -0.3 is 11.1 Å². The Morgan fingerprint density at radius 2 is 1.95 bits per heavy atom. The summed E-state index contributed by atoms with van der Waals surface area (Å²) in [6.07, 6.45) is 0.776. The molecule has 0 fully saturated rings. The van der Waals surface area contributed by atoms with Crippen LogP contribution in [0.25, 0.3) is 0 Å². The van der Waals surface area contributed by atoms with Gasteiger partial charge in [0.25, 0.3) is 0 Å². The van der Waals surface area contributed by atoms with Gasteiger partial charge in [-0.25, -0.2) is 9.97 Å². The third-order valence-corrected chi connectivity index (χ3v) is 3.58. The Morgan fingerprint density at radius 1 is 1.20 bits per heavy atom. The number of benzene rings is 1. The lowest BCUT2D eigenvalue weighted by Gasteiger charge is -2.11. The maximum atomic E-state index is 6.14. The molecule has 0 aliphatic heterocycles. The van der Waals surface area contributed by atoms with Crippen LogP contribution in [0.1, 0.15) is 17.0 Å². The van der Waals surface area contributed by atoms with E-state index in [4.69, 9.17) is 28.9 Å². The zero-order valence-electron chi connectivity index (χ0n) is 11.4. The molecule has 0 bridgehead atoms. The zero-order chi connectivity index (χ0) is 14.7. The van der Waals surface area contributed by atoms with Crippen molar-refractivity contribution in [3.63, 3.8) is 0 Å². The quantitative estimate of drug-likeness (QED) is 0.905. The molecule has 1 aromatic carbocycles. The van der Waals surface area contributed by atoms with Gasteiger partial charge in [-0.15, -0.1) is 0 Å². The Morgan fingerprint density at radius 3 is 2.65 bits per heavy atom. The Bertz CT molecular complexity index is 629. The minimum Gasteiger partial charge on any atom is -0.383 e. The standard InChI is InChI=1S/C14H16Cl2N4/c1-8-13(17)19-9(2)20-14(8)18-6-5-10-3-4-11(15)7-12(10)16/h3-4,7H,5-6H2,1-2H3,(H3,17,18,19,20). The van der Waals surface area contributed by atoms with Crippen LogP contribution in [0.5, 0.6) is 0 Å². The molecule has 0 saturated heterocycles. The second kappa shape index (κ2) is 6.29. The number of nitrogen functional groups attached to an aromatic ring is 1. The van der Waals surface area contributed by atoms with E-state index in [1.807, 2.05) is 26.0 Å². The van der Waals surface area contributed by atoms with Crippen LogP contribution in [0.3, 0.4) is 0 Å². The predicted molar refractivity (Wildman–Crippen MR) is 84.6 cm³/mol. The number of hydrogen-bond acceptors (Lipinski definition) is 4. The van der Waals surface area contributed by atoms with E-state index in [1.165, 1.54) is 0 Å². The Kier molecular flexibility index (Phi) is 4.68. The summed E-state index contributed by atoms with van der Waals surface area (Å²) >= 11 is 12.0. The fourth-order valence-electron chi connectivity index (χ4n) is 1.86.